The summed E-state index contributed by atoms with van der Waals surface area (Å²) in [5, 5.41) is 15.7. The fraction of sp³-hybridized carbons (Fsp3) is 0.444. The number of esters is 2. The first-order valence-corrected chi connectivity index (χ1v) is 8.54. The minimum absolute atomic E-state index is 0.00937. The number of nitrogens with one attached hydrogen (secondary N) is 4. The Kier molecular flexibility index (Phi) is 8.25. The van der Waals surface area contributed by atoms with E-state index in [4.69, 9.17) is 14.9 Å². The number of ether oxygens (including phenoxy) is 2. The molecule has 0 saturated carbocycles. The topological polar surface area (TPSA) is 130 Å². The summed E-state index contributed by atoms with van der Waals surface area (Å²) >= 11 is 0. The number of carbonyl (C=O) groups excluding carboxylic acids is 3. The summed E-state index contributed by atoms with van der Waals surface area (Å²) in [4.78, 5) is 37.8. The Hall–Kier alpha value is -3.10. The van der Waals surface area contributed by atoms with Crippen molar-refractivity contribution in [2.75, 3.05) is 20.3 Å². The molecule has 4 N–H and O–H groups in total. The second kappa shape index (κ2) is 10.1. The normalized spacial score (nSPS) is 11.7. The Labute approximate surface area is 158 Å². The van der Waals surface area contributed by atoms with E-state index in [0.717, 1.165) is 0 Å². The third kappa shape index (κ3) is 5.19. The van der Waals surface area contributed by atoms with Gasteiger partial charge in [0.05, 0.1) is 19.3 Å². The van der Waals surface area contributed by atoms with E-state index in [2.05, 4.69) is 16.0 Å². The lowest BCUT2D eigenvalue weighted by Gasteiger charge is -2.37. The van der Waals surface area contributed by atoms with E-state index < -0.39 is 29.4 Å². The van der Waals surface area contributed by atoms with Gasteiger partial charge in [0.2, 0.25) is 5.91 Å². The zero-order chi connectivity index (χ0) is 20.4. The molecule has 27 heavy (non-hydrogen) atoms. The van der Waals surface area contributed by atoms with Crippen molar-refractivity contribution in [1.29, 1.82) is 5.41 Å². The highest BCUT2D eigenvalue weighted by molar-refractivity contribution is 6.09. The zero-order valence-electron chi connectivity index (χ0n) is 15.9. The van der Waals surface area contributed by atoms with E-state index in [9.17, 15) is 14.4 Å². The molecular formula is C18H26N4O5. The standard InChI is InChI=1S/C18H26N4O5/c1-5-26-15(24)18(22-12(3)23,16(25)27-6-2)14(21-17(19)20-4)13-10-8-7-9-11-13/h7-11,14H,5-6H2,1-4H3,(H,22,23)(H3,19,20,21). The highest BCUT2D eigenvalue weighted by atomic mass is 16.6. The van der Waals surface area contributed by atoms with Crippen LogP contribution in [0.5, 0.6) is 0 Å². The van der Waals surface area contributed by atoms with Gasteiger partial charge >= 0.3 is 11.9 Å². The molecule has 0 spiro atoms. The van der Waals surface area contributed by atoms with Gasteiger partial charge in [0.15, 0.2) is 5.96 Å². The molecule has 1 rings (SSSR count). The first-order chi connectivity index (χ1) is 12.8. The Morgan fingerprint density at radius 2 is 1.59 bits per heavy atom. The molecule has 0 heterocycles. The monoisotopic (exact) mass is 378 g/mol. The number of hydrogen-bond acceptors (Lipinski definition) is 6. The molecule has 1 amide bonds. The lowest BCUT2D eigenvalue weighted by molar-refractivity contribution is -0.170. The second-order valence-electron chi connectivity index (χ2n) is 5.54. The van der Waals surface area contributed by atoms with Gasteiger partial charge in [-0.05, 0) is 19.4 Å². The molecule has 1 unspecified atom stereocenters. The van der Waals surface area contributed by atoms with Gasteiger partial charge in [-0.2, -0.15) is 0 Å². The van der Waals surface area contributed by atoms with Crippen molar-refractivity contribution in [2.45, 2.75) is 32.4 Å². The van der Waals surface area contributed by atoms with Gasteiger partial charge in [0.25, 0.3) is 5.54 Å². The number of benzene rings is 1. The van der Waals surface area contributed by atoms with E-state index in [1.54, 1.807) is 44.2 Å². The van der Waals surface area contributed by atoms with Gasteiger partial charge in [0, 0.05) is 14.0 Å². The zero-order valence-corrected chi connectivity index (χ0v) is 15.9. The van der Waals surface area contributed by atoms with Crippen LogP contribution in [0.4, 0.5) is 0 Å². The fourth-order valence-corrected chi connectivity index (χ4v) is 2.56. The van der Waals surface area contributed by atoms with E-state index >= 15 is 0 Å². The summed E-state index contributed by atoms with van der Waals surface area (Å²) in [6, 6.07) is 7.36. The number of rotatable bonds is 8. The number of amides is 1. The highest BCUT2D eigenvalue weighted by Crippen LogP contribution is 2.29. The van der Waals surface area contributed by atoms with Gasteiger partial charge in [-0.1, -0.05) is 30.3 Å². The molecule has 0 radical (unpaired) electrons. The van der Waals surface area contributed by atoms with Crippen LogP contribution in [0.3, 0.4) is 0 Å². The predicted molar refractivity (Wildman–Crippen MR) is 98.9 cm³/mol. The molecule has 0 aliphatic heterocycles. The molecule has 0 aromatic heterocycles. The molecule has 1 aromatic rings. The van der Waals surface area contributed by atoms with Gasteiger partial charge in [-0.3, -0.25) is 10.2 Å². The van der Waals surface area contributed by atoms with Gasteiger partial charge < -0.3 is 25.4 Å². The van der Waals surface area contributed by atoms with Crippen molar-refractivity contribution >= 4 is 23.8 Å². The summed E-state index contributed by atoms with van der Waals surface area (Å²) in [5.74, 6) is -2.75. The molecular weight excluding hydrogens is 352 g/mol. The van der Waals surface area contributed by atoms with E-state index in [1.165, 1.54) is 14.0 Å². The summed E-state index contributed by atoms with van der Waals surface area (Å²) in [6.45, 7) is 4.33. The summed E-state index contributed by atoms with van der Waals surface area (Å²) in [7, 11) is 1.51. The Bertz CT molecular complexity index is 660. The fourth-order valence-electron chi connectivity index (χ4n) is 2.56. The molecule has 9 nitrogen and oxygen atoms in total. The maximum atomic E-state index is 12.9. The smallest absolute Gasteiger partial charge is 0.346 e. The van der Waals surface area contributed by atoms with Crippen LogP contribution < -0.4 is 16.0 Å². The Morgan fingerprint density at radius 3 is 2.00 bits per heavy atom. The van der Waals surface area contributed by atoms with Crippen molar-refractivity contribution in [2.24, 2.45) is 0 Å². The Balaban J connectivity index is 3.68. The average molecular weight is 378 g/mol. The lowest BCUT2D eigenvalue weighted by atomic mass is 9.84. The third-order valence-electron chi connectivity index (χ3n) is 3.67. The minimum Gasteiger partial charge on any atom is -0.464 e. The first-order valence-electron chi connectivity index (χ1n) is 8.54. The van der Waals surface area contributed by atoms with E-state index in [0.29, 0.717) is 5.56 Å². The molecule has 0 fully saturated rings. The number of hydrogen-bond donors (Lipinski definition) is 4. The van der Waals surface area contributed by atoms with E-state index in [1.807, 2.05) is 0 Å². The molecule has 9 heteroatoms. The van der Waals surface area contributed by atoms with Gasteiger partial charge in [0.1, 0.15) is 0 Å². The molecule has 0 aliphatic rings. The maximum absolute atomic E-state index is 12.9. The summed E-state index contributed by atoms with van der Waals surface area (Å²) < 4.78 is 10.2. The van der Waals surface area contributed by atoms with Crippen LogP contribution in [0.2, 0.25) is 0 Å². The van der Waals surface area contributed by atoms with Crippen molar-refractivity contribution in [3.63, 3.8) is 0 Å². The molecule has 0 bridgehead atoms. The number of carbonyl (C=O) groups is 3. The third-order valence-corrected chi connectivity index (χ3v) is 3.67. The van der Waals surface area contributed by atoms with Crippen molar-refractivity contribution in [3.05, 3.63) is 35.9 Å². The van der Waals surface area contributed by atoms with Gasteiger partial charge in [-0.15, -0.1) is 0 Å². The average Bonchev–Trinajstić information content (AvgIpc) is 2.65. The number of guanidine groups is 1. The van der Waals surface area contributed by atoms with E-state index in [-0.39, 0.29) is 19.2 Å². The summed E-state index contributed by atoms with van der Waals surface area (Å²) in [5.41, 5.74) is -1.74. The highest BCUT2D eigenvalue weighted by Gasteiger charge is 2.57. The molecule has 0 aliphatic carbocycles. The van der Waals surface area contributed by atoms with Crippen LogP contribution in [0, 0.1) is 5.41 Å². The minimum atomic E-state index is -2.22. The molecule has 148 valence electrons. The quantitative estimate of drug-likeness (QED) is 0.224. The van der Waals surface area contributed by atoms with Crippen LogP contribution in [0.15, 0.2) is 30.3 Å². The van der Waals surface area contributed by atoms with Crippen LogP contribution in [0.1, 0.15) is 32.4 Å². The largest absolute Gasteiger partial charge is 0.464 e. The van der Waals surface area contributed by atoms with Crippen LogP contribution in [0.25, 0.3) is 0 Å². The van der Waals surface area contributed by atoms with Crippen molar-refractivity contribution in [3.8, 4) is 0 Å². The second-order valence-corrected chi connectivity index (χ2v) is 5.54. The van der Waals surface area contributed by atoms with Crippen LogP contribution >= 0.6 is 0 Å². The summed E-state index contributed by atoms with van der Waals surface area (Å²) in [6.07, 6.45) is 0. The molecule has 1 atom stereocenters. The molecule has 1 aromatic carbocycles. The van der Waals surface area contributed by atoms with Crippen LogP contribution in [-0.4, -0.2) is 49.6 Å². The molecule has 0 saturated heterocycles. The van der Waals surface area contributed by atoms with Crippen LogP contribution in [-0.2, 0) is 23.9 Å². The van der Waals surface area contributed by atoms with Crippen molar-refractivity contribution < 1.29 is 23.9 Å². The van der Waals surface area contributed by atoms with Crippen molar-refractivity contribution in [1.82, 2.24) is 16.0 Å². The SMILES string of the molecule is CCOC(=O)C(NC(C)=O)(C(=O)OCC)C(NC(=N)NC)c1ccccc1. The Morgan fingerprint density at radius 1 is 1.07 bits per heavy atom. The first kappa shape index (κ1) is 21.9. The lowest BCUT2D eigenvalue weighted by Crippen LogP contribution is -2.68. The van der Waals surface area contributed by atoms with Gasteiger partial charge in [-0.25, -0.2) is 9.59 Å². The maximum Gasteiger partial charge on any atom is 0.346 e. The predicted octanol–water partition coefficient (Wildman–Crippen LogP) is 0.473.